The molecule has 0 saturated carbocycles. The van der Waals surface area contributed by atoms with Crippen molar-refractivity contribution in [1.29, 1.82) is 0 Å². The first-order chi connectivity index (χ1) is 13.6. The molecule has 1 unspecified atom stereocenters. The van der Waals surface area contributed by atoms with Crippen LogP contribution in [0.25, 0.3) is 21.8 Å². The molecular weight excluding hydrogens is 383 g/mol. The van der Waals surface area contributed by atoms with Crippen LogP contribution in [0.3, 0.4) is 0 Å². The Hall–Kier alpha value is -3.36. The monoisotopic (exact) mass is 401 g/mol. The van der Waals surface area contributed by atoms with Gasteiger partial charge < -0.3 is 10.3 Å². The summed E-state index contributed by atoms with van der Waals surface area (Å²) < 4.78 is 40.6. The maximum Gasteiger partial charge on any atom is 0.416 e. The molecule has 29 heavy (non-hydrogen) atoms. The fraction of sp³-hybridized carbons (Fsp3) is 0.250. The molecule has 0 aliphatic rings. The number of anilines is 1. The zero-order chi connectivity index (χ0) is 20.9. The first-order valence-electron chi connectivity index (χ1n) is 8.94. The number of halogens is 3. The quantitative estimate of drug-likeness (QED) is 0.536. The molecule has 2 heterocycles. The van der Waals surface area contributed by atoms with Crippen molar-refractivity contribution in [3.8, 4) is 0 Å². The molecule has 0 saturated heterocycles. The summed E-state index contributed by atoms with van der Waals surface area (Å²) in [6, 6.07) is 8.38. The number of aromatic nitrogens is 4. The number of alkyl halides is 3. The van der Waals surface area contributed by atoms with Gasteiger partial charge >= 0.3 is 11.9 Å². The third kappa shape index (κ3) is 3.32. The number of benzene rings is 2. The summed E-state index contributed by atoms with van der Waals surface area (Å²) >= 11 is 0. The number of rotatable bonds is 3. The second-order valence-electron chi connectivity index (χ2n) is 7.03. The van der Waals surface area contributed by atoms with Crippen LogP contribution in [-0.2, 0) is 13.2 Å². The van der Waals surface area contributed by atoms with Crippen LogP contribution in [0.2, 0.25) is 0 Å². The summed E-state index contributed by atoms with van der Waals surface area (Å²) in [5.74, 6) is 0.433. The van der Waals surface area contributed by atoms with Gasteiger partial charge in [0.15, 0.2) is 5.82 Å². The number of nitrogens with one attached hydrogen (secondary N) is 2. The van der Waals surface area contributed by atoms with Gasteiger partial charge in [-0.25, -0.2) is 4.79 Å². The van der Waals surface area contributed by atoms with Gasteiger partial charge in [0.1, 0.15) is 0 Å². The van der Waals surface area contributed by atoms with E-state index in [-0.39, 0.29) is 5.69 Å². The number of aryl methyl sites for hydroxylation is 2. The predicted octanol–water partition coefficient (Wildman–Crippen LogP) is 4.31. The van der Waals surface area contributed by atoms with Crippen molar-refractivity contribution < 1.29 is 13.2 Å². The van der Waals surface area contributed by atoms with Crippen LogP contribution in [0.5, 0.6) is 0 Å². The van der Waals surface area contributed by atoms with E-state index in [2.05, 4.69) is 20.5 Å². The molecule has 0 amide bonds. The Bertz CT molecular complexity index is 1290. The number of H-pyrrole nitrogens is 1. The van der Waals surface area contributed by atoms with Gasteiger partial charge in [-0.05, 0) is 43.7 Å². The van der Waals surface area contributed by atoms with E-state index in [0.717, 1.165) is 28.4 Å². The van der Waals surface area contributed by atoms with Crippen LogP contribution >= 0.6 is 0 Å². The van der Waals surface area contributed by atoms with E-state index in [1.54, 1.807) is 26.1 Å². The Labute approximate surface area is 163 Å². The van der Waals surface area contributed by atoms with Gasteiger partial charge in [0.05, 0.1) is 28.3 Å². The fourth-order valence-corrected chi connectivity index (χ4v) is 3.38. The topological polar surface area (TPSA) is 75.6 Å². The van der Waals surface area contributed by atoms with Crippen LogP contribution in [0.15, 0.2) is 41.2 Å². The molecule has 0 spiro atoms. The summed E-state index contributed by atoms with van der Waals surface area (Å²) in [6.07, 6.45) is -4.41. The largest absolute Gasteiger partial charge is 0.416 e. The lowest BCUT2D eigenvalue weighted by molar-refractivity contribution is -0.137. The number of imidazole rings is 1. The molecule has 0 radical (unpaired) electrons. The lowest BCUT2D eigenvalue weighted by Gasteiger charge is -2.18. The van der Waals surface area contributed by atoms with E-state index in [9.17, 15) is 18.0 Å². The molecule has 2 aromatic carbocycles. The summed E-state index contributed by atoms with van der Waals surface area (Å²) in [7, 11) is 1.67. The first-order valence-corrected chi connectivity index (χ1v) is 8.94. The van der Waals surface area contributed by atoms with Gasteiger partial charge in [-0.3, -0.25) is 4.57 Å². The molecule has 0 fully saturated rings. The molecule has 4 rings (SSSR count). The van der Waals surface area contributed by atoms with Gasteiger partial charge in [-0.1, -0.05) is 12.1 Å². The second kappa shape index (κ2) is 6.61. The fourth-order valence-electron chi connectivity index (χ4n) is 3.38. The van der Waals surface area contributed by atoms with E-state index in [1.165, 1.54) is 10.6 Å². The molecule has 2 aromatic heterocycles. The normalized spacial score (nSPS) is 13.2. The van der Waals surface area contributed by atoms with Crippen molar-refractivity contribution >= 4 is 27.6 Å². The van der Waals surface area contributed by atoms with Crippen LogP contribution in [-0.4, -0.2) is 19.7 Å². The highest BCUT2D eigenvalue weighted by Crippen LogP contribution is 2.33. The van der Waals surface area contributed by atoms with Gasteiger partial charge in [0, 0.05) is 17.8 Å². The van der Waals surface area contributed by atoms with E-state index in [4.69, 9.17) is 0 Å². The number of fused-ring (bicyclic) bond motifs is 2. The molecule has 6 nitrogen and oxygen atoms in total. The number of hydrogen-bond acceptors (Lipinski definition) is 4. The minimum atomic E-state index is -4.41. The SMILES string of the molecule is Cc1nnc(NC(C)c2cccc(C(F)(F)F)c2)c2cc3[nH]c(=O)n(C)c3cc12. The van der Waals surface area contributed by atoms with Crippen molar-refractivity contribution in [3.05, 3.63) is 63.7 Å². The lowest BCUT2D eigenvalue weighted by Crippen LogP contribution is -2.12. The Kier molecular flexibility index (Phi) is 4.33. The first kappa shape index (κ1) is 19.0. The zero-order valence-electron chi connectivity index (χ0n) is 15.9. The van der Waals surface area contributed by atoms with Crippen LogP contribution < -0.4 is 11.0 Å². The smallest absolute Gasteiger partial charge is 0.362 e. The highest BCUT2D eigenvalue weighted by atomic mass is 19.4. The number of aromatic amines is 1. The number of nitrogens with zero attached hydrogens (tertiary/aromatic N) is 3. The highest BCUT2D eigenvalue weighted by Gasteiger charge is 2.30. The Morgan fingerprint density at radius 3 is 2.62 bits per heavy atom. The van der Waals surface area contributed by atoms with Crippen LogP contribution in [0, 0.1) is 6.92 Å². The molecule has 150 valence electrons. The van der Waals surface area contributed by atoms with Crippen LogP contribution in [0.4, 0.5) is 19.0 Å². The standard InChI is InChI=1S/C20H18F3N5O/c1-10(12-5-4-6-13(7-12)20(21,22)23)24-18-15-8-16-17(28(3)19(29)25-16)9-14(15)11(2)26-27-18/h4-10H,1-3H3,(H,24,27)(H,25,29). The maximum absolute atomic E-state index is 13.0. The lowest BCUT2D eigenvalue weighted by atomic mass is 10.0. The summed E-state index contributed by atoms with van der Waals surface area (Å²) in [4.78, 5) is 14.7. The third-order valence-electron chi connectivity index (χ3n) is 5.06. The van der Waals surface area contributed by atoms with E-state index in [1.807, 2.05) is 13.0 Å². The predicted molar refractivity (Wildman–Crippen MR) is 105 cm³/mol. The van der Waals surface area contributed by atoms with Crippen molar-refractivity contribution in [2.24, 2.45) is 7.05 Å². The van der Waals surface area contributed by atoms with Gasteiger partial charge in [-0.2, -0.15) is 18.3 Å². The molecule has 0 aliphatic carbocycles. The maximum atomic E-state index is 13.0. The number of hydrogen-bond donors (Lipinski definition) is 2. The summed E-state index contributed by atoms with van der Waals surface area (Å²) in [5.41, 5.74) is 1.60. The van der Waals surface area contributed by atoms with Crippen molar-refractivity contribution in [3.63, 3.8) is 0 Å². The summed E-state index contributed by atoms with van der Waals surface area (Å²) in [6.45, 7) is 3.57. The van der Waals surface area contributed by atoms with Gasteiger partial charge in [0.25, 0.3) is 0 Å². The Balaban J connectivity index is 1.78. The van der Waals surface area contributed by atoms with E-state index >= 15 is 0 Å². The van der Waals surface area contributed by atoms with Crippen molar-refractivity contribution in [1.82, 2.24) is 19.7 Å². The molecular formula is C20H18F3N5O. The minimum Gasteiger partial charge on any atom is -0.362 e. The molecule has 0 aliphatic heterocycles. The van der Waals surface area contributed by atoms with Crippen molar-refractivity contribution in [2.75, 3.05) is 5.32 Å². The molecule has 9 heteroatoms. The highest BCUT2D eigenvalue weighted by molar-refractivity contribution is 6.01. The molecule has 2 N–H and O–H groups in total. The molecule has 1 atom stereocenters. The van der Waals surface area contributed by atoms with E-state index < -0.39 is 17.8 Å². The zero-order valence-corrected chi connectivity index (χ0v) is 15.9. The molecule has 4 aromatic rings. The average molecular weight is 401 g/mol. The minimum absolute atomic E-state index is 0.235. The average Bonchev–Trinajstić information content (AvgIpc) is 2.96. The van der Waals surface area contributed by atoms with E-state index in [0.29, 0.717) is 22.6 Å². The molecule has 0 bridgehead atoms. The van der Waals surface area contributed by atoms with Crippen molar-refractivity contribution in [2.45, 2.75) is 26.1 Å². The Morgan fingerprint density at radius 1 is 1.14 bits per heavy atom. The Morgan fingerprint density at radius 2 is 1.90 bits per heavy atom. The summed E-state index contributed by atoms with van der Waals surface area (Å²) in [5, 5.41) is 13.0. The van der Waals surface area contributed by atoms with Gasteiger partial charge in [0.2, 0.25) is 0 Å². The van der Waals surface area contributed by atoms with Gasteiger partial charge in [-0.15, -0.1) is 5.10 Å². The third-order valence-corrected chi connectivity index (χ3v) is 5.06. The van der Waals surface area contributed by atoms with Crippen LogP contribution in [0.1, 0.15) is 29.8 Å². The second-order valence-corrected chi connectivity index (χ2v) is 7.03.